The van der Waals surface area contributed by atoms with E-state index in [4.69, 9.17) is 0 Å². The van der Waals surface area contributed by atoms with Gasteiger partial charge in [0.2, 0.25) is 5.91 Å². The molecule has 0 bridgehead atoms. The molecule has 1 aromatic carbocycles. The van der Waals surface area contributed by atoms with E-state index in [1.165, 1.54) is 11.3 Å². The minimum absolute atomic E-state index is 0.129. The lowest BCUT2D eigenvalue weighted by Crippen LogP contribution is -2.47. The average molecular weight is 475 g/mol. The van der Waals surface area contributed by atoms with Crippen LogP contribution in [0.4, 0.5) is 5.69 Å². The predicted octanol–water partition coefficient (Wildman–Crippen LogP) is 3.71. The van der Waals surface area contributed by atoms with E-state index in [-0.39, 0.29) is 11.8 Å². The molecule has 8 nitrogen and oxygen atoms in total. The van der Waals surface area contributed by atoms with Gasteiger partial charge in [-0.1, -0.05) is 18.2 Å². The molecule has 0 aliphatic carbocycles. The van der Waals surface area contributed by atoms with E-state index in [9.17, 15) is 9.59 Å². The number of amides is 2. The molecule has 34 heavy (non-hydrogen) atoms. The Morgan fingerprint density at radius 1 is 1.06 bits per heavy atom. The monoisotopic (exact) mass is 474 g/mol. The van der Waals surface area contributed by atoms with Gasteiger partial charge < -0.3 is 10.2 Å². The molecule has 0 saturated carbocycles. The van der Waals surface area contributed by atoms with Gasteiger partial charge in [0.1, 0.15) is 4.83 Å². The number of thiophene rings is 1. The largest absolute Gasteiger partial charge is 0.340 e. The molecule has 0 atom stereocenters. The van der Waals surface area contributed by atoms with Crippen molar-refractivity contribution < 1.29 is 9.59 Å². The number of aryl methyl sites for hydroxylation is 1. The van der Waals surface area contributed by atoms with Crippen molar-refractivity contribution in [1.82, 2.24) is 24.6 Å². The van der Waals surface area contributed by atoms with Gasteiger partial charge in [0.05, 0.1) is 33.8 Å². The van der Waals surface area contributed by atoms with Crippen LogP contribution in [0.1, 0.15) is 28.0 Å². The number of carbonyl (C=O) groups excluding carboxylic acids is 2. The second-order valence-electron chi connectivity index (χ2n) is 8.44. The number of piperazine rings is 1. The molecule has 2 amide bonds. The van der Waals surface area contributed by atoms with E-state index in [0.717, 1.165) is 60.0 Å². The van der Waals surface area contributed by atoms with Crippen molar-refractivity contribution in [2.24, 2.45) is 0 Å². The Bertz CT molecular complexity index is 1320. The molecule has 1 aliphatic rings. The Labute approximate surface area is 201 Å². The van der Waals surface area contributed by atoms with Crippen LogP contribution in [0, 0.1) is 6.92 Å². The number of fused-ring (bicyclic) bond motifs is 1. The second-order valence-corrected chi connectivity index (χ2v) is 9.47. The summed E-state index contributed by atoms with van der Waals surface area (Å²) >= 11 is 1.43. The smallest absolute Gasteiger partial charge is 0.265 e. The first-order valence-electron chi connectivity index (χ1n) is 11.3. The Morgan fingerprint density at radius 3 is 2.50 bits per heavy atom. The van der Waals surface area contributed by atoms with Gasteiger partial charge in [-0.15, -0.1) is 11.3 Å². The average Bonchev–Trinajstić information content (AvgIpc) is 3.42. The predicted molar refractivity (Wildman–Crippen MR) is 133 cm³/mol. The molecule has 5 rings (SSSR count). The first-order chi connectivity index (χ1) is 16.5. The number of benzene rings is 1. The standard InChI is InChI=1S/C25H26N6O2S/c1-17-22-14-23(34-25(22)31(28-17)21-6-4-3-5-7-21)24(33)27-19-8-9-20(26-15-19)16-29-10-12-30(13-11-29)18(2)32/h3-9,14-15H,10-13,16H2,1-2H3,(H,27,33). The Balaban J connectivity index is 1.24. The maximum absolute atomic E-state index is 12.9. The Kier molecular flexibility index (Phi) is 6.12. The molecular formula is C25H26N6O2S. The molecule has 174 valence electrons. The summed E-state index contributed by atoms with van der Waals surface area (Å²) in [7, 11) is 0. The zero-order chi connectivity index (χ0) is 23.7. The maximum Gasteiger partial charge on any atom is 0.265 e. The van der Waals surface area contributed by atoms with Gasteiger partial charge in [0, 0.05) is 45.0 Å². The number of hydrogen-bond donors (Lipinski definition) is 1. The van der Waals surface area contributed by atoms with E-state index in [1.807, 2.05) is 65.0 Å². The summed E-state index contributed by atoms with van der Waals surface area (Å²) in [6.45, 7) is 7.48. The lowest BCUT2D eigenvalue weighted by atomic mass is 10.2. The summed E-state index contributed by atoms with van der Waals surface area (Å²) in [5.41, 5.74) is 3.46. The first-order valence-corrected chi connectivity index (χ1v) is 12.1. The summed E-state index contributed by atoms with van der Waals surface area (Å²) in [5, 5.41) is 8.58. The summed E-state index contributed by atoms with van der Waals surface area (Å²) in [6, 6.07) is 15.7. The van der Waals surface area contributed by atoms with E-state index >= 15 is 0 Å². The summed E-state index contributed by atoms with van der Waals surface area (Å²) < 4.78 is 1.89. The van der Waals surface area contributed by atoms with Crippen molar-refractivity contribution >= 4 is 39.1 Å². The molecule has 1 fully saturated rings. The highest BCUT2D eigenvalue weighted by molar-refractivity contribution is 7.20. The lowest BCUT2D eigenvalue weighted by Gasteiger charge is -2.33. The van der Waals surface area contributed by atoms with Crippen LogP contribution < -0.4 is 5.32 Å². The molecule has 4 heterocycles. The maximum atomic E-state index is 12.9. The fourth-order valence-electron chi connectivity index (χ4n) is 4.14. The van der Waals surface area contributed by atoms with Gasteiger partial charge in [-0.2, -0.15) is 5.10 Å². The molecule has 1 saturated heterocycles. The van der Waals surface area contributed by atoms with E-state index in [1.54, 1.807) is 13.1 Å². The number of carbonyl (C=O) groups is 2. The van der Waals surface area contributed by atoms with E-state index in [0.29, 0.717) is 10.6 Å². The van der Waals surface area contributed by atoms with Crippen LogP contribution in [0.3, 0.4) is 0 Å². The van der Waals surface area contributed by atoms with Crippen LogP contribution in [-0.2, 0) is 11.3 Å². The van der Waals surface area contributed by atoms with Crippen molar-refractivity contribution in [3.8, 4) is 5.69 Å². The first kappa shape index (κ1) is 22.2. The quantitative estimate of drug-likeness (QED) is 0.477. The van der Waals surface area contributed by atoms with Crippen molar-refractivity contribution in [2.45, 2.75) is 20.4 Å². The highest BCUT2D eigenvalue weighted by Gasteiger charge is 2.20. The highest BCUT2D eigenvalue weighted by atomic mass is 32.1. The molecule has 0 radical (unpaired) electrons. The van der Waals surface area contributed by atoms with E-state index in [2.05, 4.69) is 20.3 Å². The molecule has 1 N–H and O–H groups in total. The van der Waals surface area contributed by atoms with Gasteiger partial charge in [0.25, 0.3) is 5.91 Å². The second kappa shape index (κ2) is 9.36. The van der Waals surface area contributed by atoms with Crippen LogP contribution in [0.25, 0.3) is 15.9 Å². The van der Waals surface area contributed by atoms with Gasteiger partial charge in [-0.05, 0) is 37.3 Å². The molecule has 9 heteroatoms. The number of anilines is 1. The lowest BCUT2D eigenvalue weighted by molar-refractivity contribution is -0.130. The number of nitrogens with one attached hydrogen (secondary N) is 1. The third-order valence-corrected chi connectivity index (χ3v) is 7.16. The van der Waals surface area contributed by atoms with Crippen molar-refractivity contribution in [3.05, 3.63) is 71.0 Å². The fraction of sp³-hybridized carbons (Fsp3) is 0.280. The molecule has 0 unspecified atom stereocenters. The SMILES string of the molecule is CC(=O)N1CCN(Cc2ccc(NC(=O)c3cc4c(C)nn(-c5ccccc5)c4s3)cn2)CC1. The van der Waals surface area contributed by atoms with Crippen LogP contribution in [0.5, 0.6) is 0 Å². The molecule has 1 aliphatic heterocycles. The third-order valence-electron chi connectivity index (χ3n) is 6.06. The number of para-hydroxylation sites is 1. The van der Waals surface area contributed by atoms with Crippen LogP contribution >= 0.6 is 11.3 Å². The van der Waals surface area contributed by atoms with Crippen molar-refractivity contribution in [2.75, 3.05) is 31.5 Å². The highest BCUT2D eigenvalue weighted by Crippen LogP contribution is 2.30. The zero-order valence-corrected chi connectivity index (χ0v) is 20.0. The minimum Gasteiger partial charge on any atom is -0.340 e. The normalized spacial score (nSPS) is 14.5. The molecule has 0 spiro atoms. The Hall–Kier alpha value is -3.56. The topological polar surface area (TPSA) is 83.4 Å². The Morgan fingerprint density at radius 2 is 1.82 bits per heavy atom. The van der Waals surface area contributed by atoms with Crippen molar-refractivity contribution in [3.63, 3.8) is 0 Å². The summed E-state index contributed by atoms with van der Waals surface area (Å²) in [6.07, 6.45) is 1.70. The van der Waals surface area contributed by atoms with Crippen LogP contribution in [-0.4, -0.2) is 62.6 Å². The van der Waals surface area contributed by atoms with Gasteiger partial charge >= 0.3 is 0 Å². The van der Waals surface area contributed by atoms with Gasteiger partial charge in [-0.3, -0.25) is 19.5 Å². The number of pyridine rings is 1. The third kappa shape index (κ3) is 4.57. The summed E-state index contributed by atoms with van der Waals surface area (Å²) in [4.78, 5) is 34.7. The van der Waals surface area contributed by atoms with Crippen LogP contribution in [0.15, 0.2) is 54.7 Å². The fourth-order valence-corrected chi connectivity index (χ4v) is 5.22. The number of hydrogen-bond acceptors (Lipinski definition) is 6. The van der Waals surface area contributed by atoms with Gasteiger partial charge in [-0.25, -0.2) is 4.68 Å². The molecular weight excluding hydrogens is 448 g/mol. The number of rotatable bonds is 5. The van der Waals surface area contributed by atoms with Crippen LogP contribution in [0.2, 0.25) is 0 Å². The molecule has 3 aromatic heterocycles. The number of nitrogens with zero attached hydrogens (tertiary/aromatic N) is 5. The van der Waals surface area contributed by atoms with E-state index < -0.39 is 0 Å². The zero-order valence-electron chi connectivity index (χ0n) is 19.2. The van der Waals surface area contributed by atoms with Gasteiger partial charge in [0.15, 0.2) is 0 Å². The minimum atomic E-state index is -0.157. The van der Waals surface area contributed by atoms with Crippen molar-refractivity contribution in [1.29, 1.82) is 0 Å². The number of aromatic nitrogens is 3. The summed E-state index contributed by atoms with van der Waals surface area (Å²) in [5.74, 6) is -0.0285. The molecule has 4 aromatic rings.